The van der Waals surface area contributed by atoms with Gasteiger partial charge in [-0.2, -0.15) is 10.2 Å². The maximum absolute atomic E-state index is 13.9. The summed E-state index contributed by atoms with van der Waals surface area (Å²) in [6.07, 6.45) is 4.20. The van der Waals surface area contributed by atoms with E-state index in [2.05, 4.69) is 25.3 Å². The molecule has 8 nitrogen and oxygen atoms in total. The van der Waals surface area contributed by atoms with Crippen molar-refractivity contribution < 1.29 is 9.18 Å². The standard InChI is InChI=1S/C19H18FN7O/c1-11(20)16-13(9-23-24-16)19(28)26-7-5-14-17(22-10-21-14)18(26)15-8-12-4-2-3-6-27(12)25-15/h2-4,6,8-11,18H,5,7H2,1H3,(H,21,22)(H,23,24)/t11?,18-/m1/s1. The average Bonchev–Trinajstić information content (AvgIpc) is 3.44. The topological polar surface area (TPSA) is 95.0 Å². The fourth-order valence-corrected chi connectivity index (χ4v) is 3.81. The van der Waals surface area contributed by atoms with Crippen LogP contribution in [0.1, 0.15) is 52.3 Å². The van der Waals surface area contributed by atoms with E-state index >= 15 is 0 Å². The summed E-state index contributed by atoms with van der Waals surface area (Å²) in [6, 6.07) is 7.28. The second kappa shape index (κ2) is 6.29. The maximum Gasteiger partial charge on any atom is 0.258 e. The first kappa shape index (κ1) is 16.7. The van der Waals surface area contributed by atoms with Gasteiger partial charge in [-0.1, -0.05) is 6.07 Å². The number of amides is 1. The van der Waals surface area contributed by atoms with Gasteiger partial charge in [0.15, 0.2) is 0 Å². The molecule has 0 spiro atoms. The van der Waals surface area contributed by atoms with Crippen LogP contribution in [0.3, 0.4) is 0 Å². The van der Waals surface area contributed by atoms with Crippen LogP contribution in [0.25, 0.3) is 5.52 Å². The smallest absolute Gasteiger partial charge is 0.258 e. The highest BCUT2D eigenvalue weighted by Gasteiger charge is 2.37. The Labute approximate surface area is 159 Å². The lowest BCUT2D eigenvalue weighted by Crippen LogP contribution is -2.41. The molecule has 1 amide bonds. The van der Waals surface area contributed by atoms with Crippen molar-refractivity contribution in [2.24, 2.45) is 0 Å². The first-order valence-corrected chi connectivity index (χ1v) is 9.08. The predicted molar refractivity (Wildman–Crippen MR) is 98.5 cm³/mol. The SMILES string of the molecule is CC(F)c1[nH]ncc1C(=O)N1CCc2[nH]cnc2[C@H]1c1cc2ccccn2n1. The van der Waals surface area contributed by atoms with E-state index < -0.39 is 12.2 Å². The summed E-state index contributed by atoms with van der Waals surface area (Å²) in [4.78, 5) is 22.7. The van der Waals surface area contributed by atoms with Gasteiger partial charge in [0.25, 0.3) is 5.91 Å². The molecule has 2 atom stereocenters. The molecule has 1 aliphatic rings. The average molecular weight is 379 g/mol. The summed E-state index contributed by atoms with van der Waals surface area (Å²) in [7, 11) is 0. The molecule has 0 saturated heterocycles. The second-order valence-electron chi connectivity index (χ2n) is 6.87. The fraction of sp³-hybridized carbons (Fsp3) is 0.263. The number of nitrogens with zero attached hydrogens (tertiary/aromatic N) is 5. The number of carbonyl (C=O) groups is 1. The summed E-state index contributed by atoms with van der Waals surface area (Å²) >= 11 is 0. The third-order valence-corrected chi connectivity index (χ3v) is 5.15. The highest BCUT2D eigenvalue weighted by Crippen LogP contribution is 2.35. The Hall–Kier alpha value is -3.49. The van der Waals surface area contributed by atoms with Crippen molar-refractivity contribution in [3.63, 3.8) is 0 Å². The van der Waals surface area contributed by atoms with E-state index in [0.717, 1.165) is 16.9 Å². The van der Waals surface area contributed by atoms with Gasteiger partial charge in [-0.25, -0.2) is 13.9 Å². The molecule has 28 heavy (non-hydrogen) atoms. The Balaban J connectivity index is 1.62. The zero-order valence-electron chi connectivity index (χ0n) is 15.1. The molecular formula is C19H18FN7O. The van der Waals surface area contributed by atoms with Gasteiger partial charge in [0.2, 0.25) is 0 Å². The number of halogens is 1. The number of hydrogen-bond acceptors (Lipinski definition) is 4. The molecule has 0 saturated carbocycles. The van der Waals surface area contributed by atoms with Gasteiger partial charge in [-0.15, -0.1) is 0 Å². The lowest BCUT2D eigenvalue weighted by atomic mass is 9.98. The van der Waals surface area contributed by atoms with Crippen molar-refractivity contribution in [3.05, 3.63) is 71.3 Å². The number of nitrogens with one attached hydrogen (secondary N) is 2. The lowest BCUT2D eigenvalue weighted by Gasteiger charge is -2.34. The fourth-order valence-electron chi connectivity index (χ4n) is 3.81. The van der Waals surface area contributed by atoms with Crippen LogP contribution < -0.4 is 0 Å². The molecule has 142 valence electrons. The van der Waals surface area contributed by atoms with E-state index in [1.807, 2.05) is 30.5 Å². The Morgan fingerprint density at radius 3 is 3.11 bits per heavy atom. The molecule has 4 aromatic heterocycles. The van der Waals surface area contributed by atoms with E-state index in [9.17, 15) is 9.18 Å². The number of H-pyrrole nitrogens is 2. The van der Waals surface area contributed by atoms with Gasteiger partial charge < -0.3 is 9.88 Å². The molecule has 0 aromatic carbocycles. The highest BCUT2D eigenvalue weighted by molar-refractivity contribution is 5.96. The van der Waals surface area contributed by atoms with Gasteiger partial charge in [0.1, 0.15) is 12.2 Å². The van der Waals surface area contributed by atoms with E-state index in [1.54, 1.807) is 15.7 Å². The van der Waals surface area contributed by atoms with Crippen molar-refractivity contribution in [3.8, 4) is 0 Å². The number of aromatic amines is 2. The molecule has 9 heteroatoms. The predicted octanol–water partition coefficient (Wildman–Crippen LogP) is 2.60. The maximum atomic E-state index is 13.9. The number of pyridine rings is 1. The number of imidazole rings is 1. The quantitative estimate of drug-likeness (QED) is 0.572. The number of alkyl halides is 1. The van der Waals surface area contributed by atoms with Gasteiger partial charge in [-0.3, -0.25) is 9.89 Å². The minimum Gasteiger partial charge on any atom is -0.348 e. The highest BCUT2D eigenvalue weighted by atomic mass is 19.1. The van der Waals surface area contributed by atoms with Crippen LogP contribution in [0, 0.1) is 0 Å². The molecule has 0 bridgehead atoms. The molecule has 2 N–H and O–H groups in total. The van der Waals surface area contributed by atoms with Gasteiger partial charge in [-0.05, 0) is 25.1 Å². The zero-order valence-corrected chi connectivity index (χ0v) is 15.1. The summed E-state index contributed by atoms with van der Waals surface area (Å²) in [5.41, 5.74) is 3.81. The van der Waals surface area contributed by atoms with Crippen molar-refractivity contribution in [1.82, 2.24) is 34.7 Å². The number of carbonyl (C=O) groups excluding carboxylic acids is 1. The summed E-state index contributed by atoms with van der Waals surface area (Å²) < 4.78 is 15.7. The Bertz CT molecular complexity index is 1120. The normalized spacial score (nSPS) is 17.6. The van der Waals surface area contributed by atoms with E-state index in [-0.39, 0.29) is 17.2 Å². The molecule has 1 aliphatic heterocycles. The molecular weight excluding hydrogens is 361 g/mol. The van der Waals surface area contributed by atoms with Crippen molar-refractivity contribution >= 4 is 11.4 Å². The number of aromatic nitrogens is 6. The number of fused-ring (bicyclic) bond motifs is 2. The molecule has 4 aromatic rings. The van der Waals surface area contributed by atoms with Gasteiger partial charge in [0, 0.05) is 24.9 Å². The van der Waals surface area contributed by atoms with E-state index in [4.69, 9.17) is 0 Å². The Morgan fingerprint density at radius 2 is 2.29 bits per heavy atom. The van der Waals surface area contributed by atoms with Crippen LogP contribution in [0.2, 0.25) is 0 Å². The molecule has 0 aliphatic carbocycles. The van der Waals surface area contributed by atoms with Crippen LogP contribution in [0.5, 0.6) is 0 Å². The third kappa shape index (κ3) is 2.50. The molecule has 1 unspecified atom stereocenters. The summed E-state index contributed by atoms with van der Waals surface area (Å²) in [5, 5.41) is 11.1. The molecule has 0 fully saturated rings. The molecule has 5 rings (SSSR count). The van der Waals surface area contributed by atoms with Gasteiger partial charge >= 0.3 is 0 Å². The number of rotatable bonds is 3. The third-order valence-electron chi connectivity index (χ3n) is 5.15. The van der Waals surface area contributed by atoms with Crippen molar-refractivity contribution in [2.75, 3.05) is 6.54 Å². The zero-order chi connectivity index (χ0) is 19.3. The molecule has 5 heterocycles. The minimum absolute atomic E-state index is 0.187. The summed E-state index contributed by atoms with van der Waals surface area (Å²) in [6.45, 7) is 1.85. The van der Waals surface area contributed by atoms with Crippen LogP contribution >= 0.6 is 0 Å². The first-order chi connectivity index (χ1) is 13.6. The van der Waals surface area contributed by atoms with Crippen LogP contribution in [0.15, 0.2) is 43.0 Å². The minimum atomic E-state index is -1.32. The summed E-state index contributed by atoms with van der Waals surface area (Å²) in [5.74, 6) is -0.288. The first-order valence-electron chi connectivity index (χ1n) is 9.08. The number of hydrogen-bond donors (Lipinski definition) is 2. The Kier molecular flexibility index (Phi) is 3.75. The largest absolute Gasteiger partial charge is 0.348 e. The van der Waals surface area contributed by atoms with Crippen LogP contribution in [-0.2, 0) is 6.42 Å². The lowest BCUT2D eigenvalue weighted by molar-refractivity contribution is 0.0684. The monoisotopic (exact) mass is 379 g/mol. The van der Waals surface area contributed by atoms with Crippen molar-refractivity contribution in [2.45, 2.75) is 25.6 Å². The second-order valence-corrected chi connectivity index (χ2v) is 6.87. The van der Waals surface area contributed by atoms with Gasteiger partial charge in [0.05, 0.1) is 40.7 Å². The van der Waals surface area contributed by atoms with Crippen molar-refractivity contribution in [1.29, 1.82) is 0 Å². The van der Waals surface area contributed by atoms with Crippen LogP contribution in [-0.4, -0.2) is 47.1 Å². The Morgan fingerprint density at radius 1 is 1.39 bits per heavy atom. The van der Waals surface area contributed by atoms with Crippen LogP contribution in [0.4, 0.5) is 4.39 Å². The molecule has 0 radical (unpaired) electrons. The van der Waals surface area contributed by atoms with E-state index in [0.29, 0.717) is 18.7 Å². The van der Waals surface area contributed by atoms with E-state index in [1.165, 1.54) is 13.1 Å².